The summed E-state index contributed by atoms with van der Waals surface area (Å²) >= 11 is 0. The van der Waals surface area contributed by atoms with Crippen molar-refractivity contribution in [1.82, 2.24) is 4.98 Å². The zero-order chi connectivity index (χ0) is 15.5. The van der Waals surface area contributed by atoms with Gasteiger partial charge in [0.1, 0.15) is 17.1 Å². The molecule has 2 heterocycles. The summed E-state index contributed by atoms with van der Waals surface area (Å²) < 4.78 is 43.3. The highest BCUT2D eigenvalue weighted by Gasteiger charge is 2.33. The first-order valence-electron chi connectivity index (χ1n) is 6.55. The van der Waals surface area contributed by atoms with Gasteiger partial charge in [0.2, 0.25) is 0 Å². The molecule has 5 nitrogen and oxygen atoms in total. The normalized spacial score (nSPS) is 19.3. The molecule has 21 heavy (non-hydrogen) atoms. The number of nitrogens with one attached hydrogen (secondary N) is 1. The molecule has 1 aromatic rings. The Morgan fingerprint density at radius 3 is 2.76 bits per heavy atom. The number of aromatic carboxylic acids is 1. The minimum absolute atomic E-state index is 0.142. The summed E-state index contributed by atoms with van der Waals surface area (Å²) in [4.78, 5) is 14.4. The van der Waals surface area contributed by atoms with Gasteiger partial charge in [0.15, 0.2) is 0 Å². The molecule has 0 spiro atoms. The lowest BCUT2D eigenvalue weighted by molar-refractivity contribution is -0.141. The van der Waals surface area contributed by atoms with Crippen molar-refractivity contribution in [2.24, 2.45) is 0 Å². The average molecular weight is 304 g/mol. The summed E-state index contributed by atoms with van der Waals surface area (Å²) in [5.41, 5.74) is -1.42. The van der Waals surface area contributed by atoms with Crippen LogP contribution >= 0.6 is 0 Å². The summed E-state index contributed by atoms with van der Waals surface area (Å²) in [7, 11) is 0. The van der Waals surface area contributed by atoms with Crippen LogP contribution < -0.4 is 5.32 Å². The topological polar surface area (TPSA) is 71.5 Å². The highest BCUT2D eigenvalue weighted by atomic mass is 19.4. The zero-order valence-electron chi connectivity index (χ0n) is 11.1. The van der Waals surface area contributed by atoms with Gasteiger partial charge in [-0.25, -0.2) is 9.78 Å². The second-order valence-corrected chi connectivity index (χ2v) is 4.77. The third kappa shape index (κ3) is 4.07. The quantitative estimate of drug-likeness (QED) is 0.895. The van der Waals surface area contributed by atoms with E-state index in [4.69, 9.17) is 9.84 Å². The van der Waals surface area contributed by atoms with Crippen molar-refractivity contribution < 1.29 is 27.8 Å². The lowest BCUT2D eigenvalue weighted by Gasteiger charge is -2.23. The molecule has 116 valence electrons. The number of carbonyl (C=O) groups is 1. The SMILES string of the molecule is O=C(O)c1ccc(C(F)(F)F)nc1NCC1CCCCO1. The Morgan fingerprint density at radius 2 is 2.19 bits per heavy atom. The standard InChI is InChI=1S/C13H15F3N2O3/c14-13(15,16)10-5-4-9(12(19)20)11(18-10)17-7-8-3-1-2-6-21-8/h4-5,8H,1-3,6-7H2,(H,17,18)(H,19,20). The van der Waals surface area contributed by atoms with Gasteiger partial charge in [-0.15, -0.1) is 0 Å². The number of nitrogens with zero attached hydrogens (tertiary/aromatic N) is 1. The molecule has 1 aromatic heterocycles. The van der Waals surface area contributed by atoms with Crippen LogP contribution in [0.1, 0.15) is 35.3 Å². The van der Waals surface area contributed by atoms with Gasteiger partial charge in [-0.2, -0.15) is 13.2 Å². The maximum atomic E-state index is 12.6. The Labute approximate surface area is 119 Å². The molecule has 0 aliphatic carbocycles. The predicted octanol–water partition coefficient (Wildman–Crippen LogP) is 2.78. The van der Waals surface area contributed by atoms with Crippen LogP contribution in [0.3, 0.4) is 0 Å². The molecule has 1 saturated heterocycles. The first-order valence-corrected chi connectivity index (χ1v) is 6.55. The van der Waals surface area contributed by atoms with E-state index in [1.807, 2.05) is 0 Å². The van der Waals surface area contributed by atoms with Gasteiger partial charge in [-0.05, 0) is 31.4 Å². The van der Waals surface area contributed by atoms with E-state index in [2.05, 4.69) is 10.3 Å². The van der Waals surface area contributed by atoms with Crippen LogP contribution in [0.5, 0.6) is 0 Å². The van der Waals surface area contributed by atoms with Gasteiger partial charge in [0.05, 0.1) is 6.10 Å². The molecular formula is C13H15F3N2O3. The Bertz CT molecular complexity index is 514. The fraction of sp³-hybridized carbons (Fsp3) is 0.538. The third-order valence-corrected chi connectivity index (χ3v) is 3.19. The molecule has 1 unspecified atom stereocenters. The smallest absolute Gasteiger partial charge is 0.433 e. The van der Waals surface area contributed by atoms with Crippen LogP contribution in [0.15, 0.2) is 12.1 Å². The highest BCUT2D eigenvalue weighted by Crippen LogP contribution is 2.29. The molecule has 0 saturated carbocycles. The third-order valence-electron chi connectivity index (χ3n) is 3.19. The number of alkyl halides is 3. The van der Waals surface area contributed by atoms with Crippen molar-refractivity contribution in [3.8, 4) is 0 Å². The molecule has 0 amide bonds. The number of hydrogen-bond acceptors (Lipinski definition) is 4. The monoisotopic (exact) mass is 304 g/mol. The summed E-state index contributed by atoms with van der Waals surface area (Å²) in [6, 6.07) is 1.56. The number of pyridine rings is 1. The van der Waals surface area contributed by atoms with Gasteiger partial charge in [0, 0.05) is 13.2 Å². The van der Waals surface area contributed by atoms with Crippen LogP contribution in [0, 0.1) is 0 Å². The second-order valence-electron chi connectivity index (χ2n) is 4.77. The highest BCUT2D eigenvalue weighted by molar-refractivity contribution is 5.93. The van der Waals surface area contributed by atoms with Crippen LogP contribution in [0.2, 0.25) is 0 Å². The minimum Gasteiger partial charge on any atom is -0.478 e. The number of hydrogen-bond donors (Lipinski definition) is 2. The number of aromatic nitrogens is 1. The maximum absolute atomic E-state index is 12.6. The van der Waals surface area contributed by atoms with Gasteiger partial charge in [-0.3, -0.25) is 0 Å². The second kappa shape index (κ2) is 6.30. The number of carboxylic acids is 1. The number of ether oxygens (including phenoxy) is 1. The van der Waals surface area contributed by atoms with E-state index >= 15 is 0 Å². The molecule has 8 heteroatoms. The van der Waals surface area contributed by atoms with Gasteiger partial charge < -0.3 is 15.2 Å². The van der Waals surface area contributed by atoms with Crippen LogP contribution in [0.25, 0.3) is 0 Å². The molecule has 1 aliphatic heterocycles. The fourth-order valence-electron chi connectivity index (χ4n) is 2.10. The van der Waals surface area contributed by atoms with Crippen LogP contribution in [0.4, 0.5) is 19.0 Å². The van der Waals surface area contributed by atoms with Crippen molar-refractivity contribution >= 4 is 11.8 Å². The van der Waals surface area contributed by atoms with E-state index in [-0.39, 0.29) is 24.0 Å². The number of halogens is 3. The summed E-state index contributed by atoms with van der Waals surface area (Å²) in [5.74, 6) is -1.62. The lowest BCUT2D eigenvalue weighted by atomic mass is 10.1. The van der Waals surface area contributed by atoms with E-state index in [0.29, 0.717) is 12.7 Å². The molecule has 1 aliphatic rings. The minimum atomic E-state index is -4.62. The zero-order valence-corrected chi connectivity index (χ0v) is 11.1. The molecule has 1 fully saturated rings. The van der Waals surface area contributed by atoms with E-state index in [0.717, 1.165) is 25.3 Å². The van der Waals surface area contributed by atoms with E-state index in [9.17, 15) is 18.0 Å². The van der Waals surface area contributed by atoms with Crippen LogP contribution in [-0.2, 0) is 10.9 Å². The summed E-state index contributed by atoms with van der Waals surface area (Å²) in [5, 5.41) is 11.7. The number of rotatable bonds is 4. The van der Waals surface area contributed by atoms with Crippen molar-refractivity contribution in [2.45, 2.75) is 31.5 Å². The number of anilines is 1. The molecule has 0 aromatic carbocycles. The largest absolute Gasteiger partial charge is 0.478 e. The average Bonchev–Trinajstić information content (AvgIpc) is 2.45. The predicted molar refractivity (Wildman–Crippen MR) is 68.3 cm³/mol. The van der Waals surface area contributed by atoms with Crippen molar-refractivity contribution in [3.05, 3.63) is 23.4 Å². The van der Waals surface area contributed by atoms with Gasteiger partial charge in [-0.1, -0.05) is 0 Å². The summed E-state index contributed by atoms with van der Waals surface area (Å²) in [6.45, 7) is 0.836. The maximum Gasteiger partial charge on any atom is 0.433 e. The molecule has 0 radical (unpaired) electrons. The van der Waals surface area contributed by atoms with Crippen molar-refractivity contribution in [3.63, 3.8) is 0 Å². The van der Waals surface area contributed by atoms with Crippen molar-refractivity contribution in [1.29, 1.82) is 0 Å². The van der Waals surface area contributed by atoms with Gasteiger partial charge in [0.25, 0.3) is 0 Å². The first-order chi connectivity index (χ1) is 9.88. The van der Waals surface area contributed by atoms with E-state index < -0.39 is 17.8 Å². The Hall–Kier alpha value is -1.83. The lowest BCUT2D eigenvalue weighted by Crippen LogP contribution is -2.28. The Kier molecular flexibility index (Phi) is 4.66. The van der Waals surface area contributed by atoms with Crippen molar-refractivity contribution in [2.75, 3.05) is 18.5 Å². The Morgan fingerprint density at radius 1 is 1.43 bits per heavy atom. The first kappa shape index (κ1) is 15.6. The van der Waals surface area contributed by atoms with Gasteiger partial charge >= 0.3 is 12.1 Å². The molecular weight excluding hydrogens is 289 g/mol. The molecule has 0 bridgehead atoms. The Balaban J connectivity index is 2.16. The molecule has 1 atom stereocenters. The fourth-order valence-corrected chi connectivity index (χ4v) is 2.10. The molecule has 2 rings (SSSR count). The van der Waals surface area contributed by atoms with E-state index in [1.165, 1.54) is 0 Å². The number of carboxylic acid groups (broad SMARTS) is 1. The molecule has 2 N–H and O–H groups in total. The van der Waals surface area contributed by atoms with E-state index in [1.54, 1.807) is 0 Å². The van der Waals surface area contributed by atoms with Crippen LogP contribution in [-0.4, -0.2) is 35.3 Å². The summed E-state index contributed by atoms with van der Waals surface area (Å²) in [6.07, 6.45) is -2.03.